The molecule has 1 amide bonds. The van der Waals surface area contributed by atoms with Crippen LogP contribution in [0.5, 0.6) is 0 Å². The van der Waals surface area contributed by atoms with Crippen LogP contribution in [0.4, 0.5) is 15.8 Å². The first-order valence-electron chi connectivity index (χ1n) is 7.20. The molecule has 0 saturated heterocycles. The molecule has 0 radical (unpaired) electrons. The minimum absolute atomic E-state index is 0.00319. The van der Waals surface area contributed by atoms with Crippen LogP contribution >= 0.6 is 11.6 Å². The van der Waals surface area contributed by atoms with Crippen LogP contribution < -0.4 is 10.2 Å². The Morgan fingerprint density at radius 1 is 1.23 bits per heavy atom. The van der Waals surface area contributed by atoms with E-state index >= 15 is 0 Å². The highest BCUT2D eigenvalue weighted by Gasteiger charge is 2.31. The van der Waals surface area contributed by atoms with E-state index < -0.39 is 0 Å². The molecule has 22 heavy (non-hydrogen) atoms. The van der Waals surface area contributed by atoms with E-state index in [9.17, 15) is 9.18 Å². The van der Waals surface area contributed by atoms with E-state index in [1.54, 1.807) is 23.1 Å². The van der Waals surface area contributed by atoms with Crippen molar-refractivity contribution < 1.29 is 9.18 Å². The molecule has 2 aromatic carbocycles. The molecule has 1 unspecified atom stereocenters. The summed E-state index contributed by atoms with van der Waals surface area (Å²) in [6.45, 7) is 2.37. The van der Waals surface area contributed by atoms with Crippen LogP contribution in [0.25, 0.3) is 0 Å². The van der Waals surface area contributed by atoms with E-state index in [2.05, 4.69) is 5.32 Å². The zero-order valence-corrected chi connectivity index (χ0v) is 12.9. The zero-order chi connectivity index (χ0) is 15.7. The molecule has 5 heteroatoms. The first kappa shape index (κ1) is 14.9. The summed E-state index contributed by atoms with van der Waals surface area (Å²) < 4.78 is 13.5. The number of anilines is 2. The Bertz CT molecular complexity index is 702. The molecule has 1 aliphatic rings. The lowest BCUT2D eigenvalue weighted by molar-refractivity contribution is -0.119. The topological polar surface area (TPSA) is 32.3 Å². The Hall–Kier alpha value is -2.07. The van der Waals surface area contributed by atoms with E-state index in [-0.39, 0.29) is 17.8 Å². The van der Waals surface area contributed by atoms with Crippen molar-refractivity contribution in [3.05, 3.63) is 58.9 Å². The van der Waals surface area contributed by atoms with Crippen LogP contribution in [0.2, 0.25) is 5.02 Å². The number of hydrogen-bond donors (Lipinski definition) is 1. The van der Waals surface area contributed by atoms with Crippen LogP contribution in [0.1, 0.15) is 18.9 Å². The van der Waals surface area contributed by atoms with E-state index in [1.165, 1.54) is 12.1 Å². The maximum atomic E-state index is 13.5. The molecule has 0 saturated carbocycles. The molecule has 0 bridgehead atoms. The number of rotatable bonds is 3. The summed E-state index contributed by atoms with van der Waals surface area (Å²) in [6, 6.07) is 11.5. The molecule has 0 aromatic heterocycles. The second-order valence-electron chi connectivity index (χ2n) is 5.32. The number of carbonyl (C=O) groups excluding carboxylic acids is 1. The van der Waals surface area contributed by atoms with Crippen molar-refractivity contribution >= 4 is 28.9 Å². The van der Waals surface area contributed by atoms with Crippen LogP contribution in [0, 0.1) is 5.82 Å². The highest BCUT2D eigenvalue weighted by atomic mass is 35.5. The number of benzene rings is 2. The van der Waals surface area contributed by atoms with Gasteiger partial charge in [0.25, 0.3) is 0 Å². The van der Waals surface area contributed by atoms with E-state index in [0.29, 0.717) is 29.4 Å². The van der Waals surface area contributed by atoms with Crippen molar-refractivity contribution in [2.75, 3.05) is 10.2 Å². The standard InChI is InChI=1S/C17H16ClFN2O/c1-2-14-17(22)21(10-11-3-5-12(18)6-4-11)16-8-7-13(19)9-15(16)20-14/h3-9,14,20H,2,10H2,1H3. The van der Waals surface area contributed by atoms with Crippen molar-refractivity contribution in [3.63, 3.8) is 0 Å². The van der Waals surface area contributed by atoms with Crippen molar-refractivity contribution in [1.29, 1.82) is 0 Å². The first-order valence-corrected chi connectivity index (χ1v) is 7.58. The van der Waals surface area contributed by atoms with Gasteiger partial charge in [-0.1, -0.05) is 30.7 Å². The number of amides is 1. The highest BCUT2D eigenvalue weighted by molar-refractivity contribution is 6.30. The molecule has 0 spiro atoms. The van der Waals surface area contributed by atoms with Gasteiger partial charge in [0.2, 0.25) is 5.91 Å². The lowest BCUT2D eigenvalue weighted by Crippen LogP contribution is -2.46. The lowest BCUT2D eigenvalue weighted by Gasteiger charge is -2.35. The molecule has 0 aliphatic carbocycles. The predicted molar refractivity (Wildman–Crippen MR) is 86.7 cm³/mol. The maximum absolute atomic E-state index is 13.5. The number of carbonyl (C=O) groups is 1. The average Bonchev–Trinajstić information content (AvgIpc) is 2.51. The smallest absolute Gasteiger partial charge is 0.249 e. The fraction of sp³-hybridized carbons (Fsp3) is 0.235. The Morgan fingerprint density at radius 3 is 2.64 bits per heavy atom. The van der Waals surface area contributed by atoms with E-state index in [0.717, 1.165) is 5.56 Å². The summed E-state index contributed by atoms with van der Waals surface area (Å²) in [4.78, 5) is 14.3. The van der Waals surface area contributed by atoms with Gasteiger partial charge in [0, 0.05) is 5.02 Å². The largest absolute Gasteiger partial charge is 0.372 e. The fourth-order valence-corrected chi connectivity index (χ4v) is 2.75. The van der Waals surface area contributed by atoms with Gasteiger partial charge >= 0.3 is 0 Å². The maximum Gasteiger partial charge on any atom is 0.249 e. The Kier molecular flexibility index (Phi) is 4.03. The molecule has 1 atom stereocenters. The number of nitrogens with one attached hydrogen (secondary N) is 1. The van der Waals surface area contributed by atoms with E-state index in [1.807, 2.05) is 19.1 Å². The number of nitrogens with zero attached hydrogens (tertiary/aromatic N) is 1. The quantitative estimate of drug-likeness (QED) is 0.919. The van der Waals surface area contributed by atoms with Crippen molar-refractivity contribution in [2.24, 2.45) is 0 Å². The third-order valence-corrected chi connectivity index (χ3v) is 4.06. The second kappa shape index (κ2) is 5.97. The van der Waals surface area contributed by atoms with Crippen LogP contribution in [-0.2, 0) is 11.3 Å². The average molecular weight is 319 g/mol. The zero-order valence-electron chi connectivity index (χ0n) is 12.1. The molecule has 1 heterocycles. The van der Waals surface area contributed by atoms with Gasteiger partial charge in [-0.05, 0) is 42.3 Å². The van der Waals surface area contributed by atoms with Crippen LogP contribution in [0.3, 0.4) is 0 Å². The number of hydrogen-bond acceptors (Lipinski definition) is 2. The summed E-state index contributed by atoms with van der Waals surface area (Å²) in [7, 11) is 0. The Morgan fingerprint density at radius 2 is 1.95 bits per heavy atom. The van der Waals surface area contributed by atoms with Gasteiger partial charge < -0.3 is 10.2 Å². The Labute approximate surface area is 133 Å². The molecular formula is C17H16ClFN2O. The SMILES string of the molecule is CCC1Nc2cc(F)ccc2N(Cc2ccc(Cl)cc2)C1=O. The normalized spacial score (nSPS) is 17.1. The van der Waals surface area contributed by atoms with Gasteiger partial charge in [-0.2, -0.15) is 0 Å². The summed E-state index contributed by atoms with van der Waals surface area (Å²) >= 11 is 5.89. The molecule has 114 valence electrons. The first-order chi connectivity index (χ1) is 10.6. The summed E-state index contributed by atoms with van der Waals surface area (Å²) in [5.41, 5.74) is 2.33. The third kappa shape index (κ3) is 2.79. The molecule has 1 N–H and O–H groups in total. The van der Waals surface area contributed by atoms with Crippen molar-refractivity contribution in [1.82, 2.24) is 0 Å². The Balaban J connectivity index is 1.97. The molecular weight excluding hydrogens is 303 g/mol. The number of halogens is 2. The van der Waals surface area contributed by atoms with Crippen molar-refractivity contribution in [2.45, 2.75) is 25.9 Å². The van der Waals surface area contributed by atoms with Gasteiger partial charge in [0.15, 0.2) is 0 Å². The van der Waals surface area contributed by atoms with Crippen LogP contribution in [-0.4, -0.2) is 11.9 Å². The predicted octanol–water partition coefficient (Wildman–Crippen LogP) is 4.22. The van der Waals surface area contributed by atoms with Crippen LogP contribution in [0.15, 0.2) is 42.5 Å². The minimum Gasteiger partial charge on any atom is -0.372 e. The van der Waals surface area contributed by atoms with Crippen molar-refractivity contribution in [3.8, 4) is 0 Å². The lowest BCUT2D eigenvalue weighted by atomic mass is 10.1. The van der Waals surface area contributed by atoms with E-state index in [4.69, 9.17) is 11.6 Å². The second-order valence-corrected chi connectivity index (χ2v) is 5.75. The monoisotopic (exact) mass is 318 g/mol. The highest BCUT2D eigenvalue weighted by Crippen LogP contribution is 2.34. The molecule has 1 aliphatic heterocycles. The van der Waals surface area contributed by atoms with Gasteiger partial charge in [-0.3, -0.25) is 4.79 Å². The molecule has 2 aromatic rings. The number of fused-ring (bicyclic) bond motifs is 1. The van der Waals surface area contributed by atoms with Gasteiger partial charge in [-0.25, -0.2) is 4.39 Å². The summed E-state index contributed by atoms with van der Waals surface area (Å²) in [5, 5.41) is 3.77. The molecule has 0 fully saturated rings. The molecule has 3 nitrogen and oxygen atoms in total. The summed E-state index contributed by atoms with van der Waals surface area (Å²) in [5.74, 6) is -0.321. The minimum atomic E-state index is -0.332. The van der Waals surface area contributed by atoms with Gasteiger partial charge in [-0.15, -0.1) is 0 Å². The third-order valence-electron chi connectivity index (χ3n) is 3.81. The molecule has 3 rings (SSSR count). The van der Waals surface area contributed by atoms with Gasteiger partial charge in [0.1, 0.15) is 11.9 Å². The fourth-order valence-electron chi connectivity index (χ4n) is 2.63. The van der Waals surface area contributed by atoms with Gasteiger partial charge in [0.05, 0.1) is 17.9 Å². The summed E-state index contributed by atoms with van der Waals surface area (Å²) in [6.07, 6.45) is 0.645.